The Morgan fingerprint density at radius 3 is 3.00 bits per heavy atom. The second-order valence-corrected chi connectivity index (χ2v) is 2.90. The molecule has 1 rings (SSSR count). The fraction of sp³-hybridized carbons (Fsp3) is 0.857. The number of hydrogen-bond donors (Lipinski definition) is 1. The molecule has 1 aliphatic rings. The Hall–Kier alpha value is -0.770. The summed E-state index contributed by atoms with van der Waals surface area (Å²) in [5.74, 6) is 0. The summed E-state index contributed by atoms with van der Waals surface area (Å²) in [4.78, 5) is 10.6. The van der Waals surface area contributed by atoms with Crippen LogP contribution in [-0.2, 0) is 9.47 Å². The second-order valence-electron chi connectivity index (χ2n) is 2.90. The normalized spacial score (nSPS) is 29.8. The lowest BCUT2D eigenvalue weighted by molar-refractivity contribution is 0.0851. The van der Waals surface area contributed by atoms with E-state index in [9.17, 15) is 4.79 Å². The zero-order valence-electron chi connectivity index (χ0n) is 6.85. The van der Waals surface area contributed by atoms with Crippen molar-refractivity contribution in [1.82, 2.24) is 5.32 Å². The number of ether oxygens (including phenoxy) is 2. The maximum Gasteiger partial charge on any atom is 0.407 e. The molecule has 1 fully saturated rings. The van der Waals surface area contributed by atoms with Crippen molar-refractivity contribution in [2.45, 2.75) is 19.4 Å². The third-order valence-electron chi connectivity index (χ3n) is 1.55. The Labute approximate surface area is 65.9 Å². The molecular formula is C7H13NO3. The third-order valence-corrected chi connectivity index (χ3v) is 1.55. The molecule has 0 bridgehead atoms. The highest BCUT2D eigenvalue weighted by atomic mass is 16.6. The fourth-order valence-corrected chi connectivity index (χ4v) is 0.948. The standard InChI is InChI=1S/C7H13NO3/c1-3-10-4-7(2)5-11-6(9)8-7/h3-5H2,1-2H3,(H,8,9). The van der Waals surface area contributed by atoms with Gasteiger partial charge in [0.1, 0.15) is 6.61 Å². The van der Waals surface area contributed by atoms with Gasteiger partial charge in [-0.2, -0.15) is 0 Å². The average molecular weight is 159 g/mol. The molecule has 11 heavy (non-hydrogen) atoms. The van der Waals surface area contributed by atoms with E-state index in [4.69, 9.17) is 9.47 Å². The molecule has 1 aliphatic heterocycles. The lowest BCUT2D eigenvalue weighted by Gasteiger charge is -2.19. The molecule has 0 aliphatic carbocycles. The van der Waals surface area contributed by atoms with E-state index in [1.165, 1.54) is 0 Å². The van der Waals surface area contributed by atoms with Crippen LogP contribution < -0.4 is 5.32 Å². The van der Waals surface area contributed by atoms with Gasteiger partial charge in [0.05, 0.1) is 12.1 Å². The largest absolute Gasteiger partial charge is 0.447 e. The number of carbonyl (C=O) groups is 1. The molecule has 1 amide bonds. The number of carbonyl (C=O) groups excluding carboxylic acids is 1. The van der Waals surface area contributed by atoms with Crippen LogP contribution >= 0.6 is 0 Å². The van der Waals surface area contributed by atoms with Gasteiger partial charge >= 0.3 is 6.09 Å². The van der Waals surface area contributed by atoms with Crippen molar-refractivity contribution in [3.05, 3.63) is 0 Å². The summed E-state index contributed by atoms with van der Waals surface area (Å²) in [6.45, 7) is 5.38. The fourth-order valence-electron chi connectivity index (χ4n) is 0.948. The number of amides is 1. The summed E-state index contributed by atoms with van der Waals surface area (Å²) in [5, 5.41) is 2.68. The van der Waals surface area contributed by atoms with Crippen molar-refractivity contribution in [3.63, 3.8) is 0 Å². The third kappa shape index (κ3) is 2.08. The van der Waals surface area contributed by atoms with Crippen LogP contribution in [0.2, 0.25) is 0 Å². The molecule has 0 aromatic rings. The van der Waals surface area contributed by atoms with E-state index in [2.05, 4.69) is 5.32 Å². The van der Waals surface area contributed by atoms with Crippen molar-refractivity contribution in [2.24, 2.45) is 0 Å². The average Bonchev–Trinajstić information content (AvgIpc) is 2.28. The molecule has 1 N–H and O–H groups in total. The molecule has 0 aromatic heterocycles. The van der Waals surface area contributed by atoms with Crippen molar-refractivity contribution in [1.29, 1.82) is 0 Å². The Morgan fingerprint density at radius 2 is 2.55 bits per heavy atom. The van der Waals surface area contributed by atoms with Gasteiger partial charge < -0.3 is 14.8 Å². The number of hydrogen-bond acceptors (Lipinski definition) is 3. The Balaban J connectivity index is 2.35. The van der Waals surface area contributed by atoms with Crippen LogP contribution in [0.1, 0.15) is 13.8 Å². The van der Waals surface area contributed by atoms with Gasteiger partial charge in [0, 0.05) is 6.61 Å². The van der Waals surface area contributed by atoms with Crippen molar-refractivity contribution < 1.29 is 14.3 Å². The zero-order chi connectivity index (χ0) is 8.32. The molecule has 0 saturated carbocycles. The van der Waals surface area contributed by atoms with E-state index in [1.54, 1.807) is 0 Å². The van der Waals surface area contributed by atoms with Crippen LogP contribution in [0.3, 0.4) is 0 Å². The molecule has 4 nitrogen and oxygen atoms in total. The van der Waals surface area contributed by atoms with E-state index < -0.39 is 0 Å². The lowest BCUT2D eigenvalue weighted by Crippen LogP contribution is -2.44. The van der Waals surface area contributed by atoms with Crippen LogP contribution in [0.5, 0.6) is 0 Å². The molecule has 1 saturated heterocycles. The minimum Gasteiger partial charge on any atom is -0.447 e. The molecule has 0 spiro atoms. The smallest absolute Gasteiger partial charge is 0.407 e. The lowest BCUT2D eigenvalue weighted by atomic mass is 10.1. The molecule has 1 atom stereocenters. The van der Waals surface area contributed by atoms with E-state index >= 15 is 0 Å². The number of cyclic esters (lactones) is 1. The van der Waals surface area contributed by atoms with Crippen LogP contribution in [-0.4, -0.2) is 31.5 Å². The maximum atomic E-state index is 10.6. The maximum absolute atomic E-state index is 10.6. The molecular weight excluding hydrogens is 146 g/mol. The van der Waals surface area contributed by atoms with Gasteiger partial charge in [-0.1, -0.05) is 0 Å². The van der Waals surface area contributed by atoms with Crippen LogP contribution in [0.15, 0.2) is 0 Å². The van der Waals surface area contributed by atoms with E-state index in [1.807, 2.05) is 13.8 Å². The number of nitrogens with one attached hydrogen (secondary N) is 1. The summed E-state index contributed by atoms with van der Waals surface area (Å²) in [6.07, 6.45) is -0.354. The number of rotatable bonds is 3. The monoisotopic (exact) mass is 159 g/mol. The first-order chi connectivity index (χ1) is 5.16. The van der Waals surface area contributed by atoms with Gasteiger partial charge in [0.2, 0.25) is 0 Å². The van der Waals surface area contributed by atoms with Gasteiger partial charge in [-0.15, -0.1) is 0 Å². The number of alkyl carbamates (subject to hydrolysis) is 1. The highest BCUT2D eigenvalue weighted by molar-refractivity contribution is 5.70. The topological polar surface area (TPSA) is 47.6 Å². The Bertz CT molecular complexity index is 160. The van der Waals surface area contributed by atoms with Crippen LogP contribution in [0.4, 0.5) is 4.79 Å². The van der Waals surface area contributed by atoms with Crippen molar-refractivity contribution >= 4 is 6.09 Å². The summed E-state index contributed by atoms with van der Waals surface area (Å²) >= 11 is 0. The molecule has 4 heteroatoms. The predicted molar refractivity (Wildman–Crippen MR) is 39.4 cm³/mol. The van der Waals surface area contributed by atoms with E-state index in [-0.39, 0.29) is 11.6 Å². The quantitative estimate of drug-likeness (QED) is 0.653. The first-order valence-corrected chi connectivity index (χ1v) is 3.69. The second kappa shape index (κ2) is 3.09. The summed E-state index contributed by atoms with van der Waals surface area (Å²) in [7, 11) is 0. The Morgan fingerprint density at radius 1 is 1.82 bits per heavy atom. The van der Waals surface area contributed by atoms with Gasteiger partial charge in [0.15, 0.2) is 0 Å². The van der Waals surface area contributed by atoms with Gasteiger partial charge in [-0.05, 0) is 13.8 Å². The molecule has 64 valence electrons. The predicted octanol–water partition coefficient (Wildman–Crippen LogP) is 0.521. The molecule has 1 heterocycles. The van der Waals surface area contributed by atoms with Crippen molar-refractivity contribution in [2.75, 3.05) is 19.8 Å². The van der Waals surface area contributed by atoms with Crippen LogP contribution in [0, 0.1) is 0 Å². The summed E-state index contributed by atoms with van der Waals surface area (Å²) in [5.41, 5.74) is -0.326. The Kier molecular flexibility index (Phi) is 2.34. The zero-order valence-corrected chi connectivity index (χ0v) is 6.85. The SMILES string of the molecule is CCOCC1(C)COC(=O)N1. The van der Waals surface area contributed by atoms with Gasteiger partial charge in [-0.25, -0.2) is 4.79 Å². The highest BCUT2D eigenvalue weighted by Crippen LogP contribution is 2.11. The first-order valence-electron chi connectivity index (χ1n) is 3.69. The first kappa shape index (κ1) is 8.33. The molecule has 0 radical (unpaired) electrons. The van der Waals surface area contributed by atoms with Crippen molar-refractivity contribution in [3.8, 4) is 0 Å². The summed E-state index contributed by atoms with van der Waals surface area (Å²) < 4.78 is 9.91. The minimum atomic E-state index is -0.354. The minimum absolute atomic E-state index is 0.326. The highest BCUT2D eigenvalue weighted by Gasteiger charge is 2.34. The van der Waals surface area contributed by atoms with Gasteiger partial charge in [0.25, 0.3) is 0 Å². The van der Waals surface area contributed by atoms with Crippen LogP contribution in [0.25, 0.3) is 0 Å². The summed E-state index contributed by atoms with van der Waals surface area (Å²) in [6, 6.07) is 0. The van der Waals surface area contributed by atoms with E-state index in [0.717, 1.165) is 0 Å². The van der Waals surface area contributed by atoms with E-state index in [0.29, 0.717) is 19.8 Å². The molecule has 0 aromatic carbocycles. The molecule has 1 unspecified atom stereocenters. The van der Waals surface area contributed by atoms with Gasteiger partial charge in [-0.3, -0.25) is 0 Å².